The first kappa shape index (κ1) is 17.2. The van der Waals surface area contributed by atoms with Crippen LogP contribution >= 0.6 is 0 Å². The Morgan fingerprint density at radius 2 is 1.86 bits per heavy atom. The average Bonchev–Trinajstić information content (AvgIpc) is 2.47. The van der Waals surface area contributed by atoms with Crippen molar-refractivity contribution in [2.75, 3.05) is 20.3 Å². The van der Waals surface area contributed by atoms with Crippen molar-refractivity contribution in [2.24, 2.45) is 0 Å². The minimum Gasteiger partial charge on any atom is -0.497 e. The minimum atomic E-state index is -0.457. The number of esters is 1. The van der Waals surface area contributed by atoms with Crippen LogP contribution in [-0.4, -0.2) is 32.1 Å². The molecule has 0 spiro atoms. The van der Waals surface area contributed by atoms with Gasteiger partial charge >= 0.3 is 5.97 Å². The van der Waals surface area contributed by atoms with Gasteiger partial charge in [-0.2, -0.15) is 0 Å². The highest BCUT2D eigenvalue weighted by atomic mass is 16.5. The molecule has 1 aromatic carbocycles. The summed E-state index contributed by atoms with van der Waals surface area (Å²) >= 11 is 0. The molecule has 0 unspecified atom stereocenters. The van der Waals surface area contributed by atoms with Crippen molar-refractivity contribution in [1.29, 1.82) is 0 Å². The number of ether oxygens (including phenoxy) is 3. The average molecular weight is 294 g/mol. The van der Waals surface area contributed by atoms with Crippen LogP contribution in [-0.2, 0) is 25.7 Å². The Hall–Kier alpha value is -1.88. The normalized spacial score (nSPS) is 10.2. The molecule has 0 saturated heterocycles. The predicted molar refractivity (Wildman–Crippen MR) is 78.1 cm³/mol. The number of Topliss-reactive ketones (excluding diaryl/α,β-unsaturated/α-hetero) is 1. The molecule has 116 valence electrons. The van der Waals surface area contributed by atoms with Gasteiger partial charge in [-0.25, -0.2) is 0 Å². The zero-order chi connectivity index (χ0) is 15.5. The molecule has 0 fully saturated rings. The molecule has 5 nitrogen and oxygen atoms in total. The molecule has 1 aromatic rings. The van der Waals surface area contributed by atoms with E-state index in [1.165, 1.54) is 0 Å². The van der Waals surface area contributed by atoms with Crippen molar-refractivity contribution in [2.45, 2.75) is 32.8 Å². The fourth-order valence-electron chi connectivity index (χ4n) is 1.74. The third-order valence-corrected chi connectivity index (χ3v) is 2.82. The van der Waals surface area contributed by atoms with Crippen LogP contribution in [0.4, 0.5) is 0 Å². The molecule has 0 saturated carbocycles. The maximum atomic E-state index is 11.5. The fraction of sp³-hybridized carbons (Fsp3) is 0.500. The van der Waals surface area contributed by atoms with Gasteiger partial charge in [0.25, 0.3) is 0 Å². The van der Waals surface area contributed by atoms with Crippen LogP contribution in [0, 0.1) is 0 Å². The summed E-state index contributed by atoms with van der Waals surface area (Å²) in [5.41, 5.74) is 1.05. The van der Waals surface area contributed by atoms with E-state index < -0.39 is 5.97 Å². The topological polar surface area (TPSA) is 61.8 Å². The van der Waals surface area contributed by atoms with Crippen LogP contribution in [0.2, 0.25) is 0 Å². The number of ketones is 1. The Morgan fingerprint density at radius 1 is 1.14 bits per heavy atom. The monoisotopic (exact) mass is 294 g/mol. The molecule has 1 rings (SSSR count). The fourth-order valence-corrected chi connectivity index (χ4v) is 1.74. The van der Waals surface area contributed by atoms with Crippen molar-refractivity contribution in [3.05, 3.63) is 29.8 Å². The molecule has 0 aliphatic heterocycles. The number of hydrogen-bond donors (Lipinski definition) is 0. The van der Waals surface area contributed by atoms with Gasteiger partial charge in [0.15, 0.2) is 0 Å². The Morgan fingerprint density at radius 3 is 2.48 bits per heavy atom. The SMILES string of the molecule is CCOC(=O)CC(=O)CCCOCc1ccc(OC)cc1. The van der Waals surface area contributed by atoms with E-state index in [0.29, 0.717) is 32.7 Å². The number of methoxy groups -OCH3 is 1. The van der Waals surface area contributed by atoms with E-state index in [9.17, 15) is 9.59 Å². The van der Waals surface area contributed by atoms with Crippen molar-refractivity contribution in [1.82, 2.24) is 0 Å². The Kier molecular flexibility index (Phi) is 8.12. The van der Waals surface area contributed by atoms with Crippen LogP contribution in [0.5, 0.6) is 5.75 Å². The van der Waals surface area contributed by atoms with Crippen molar-refractivity contribution in [3.8, 4) is 5.75 Å². The van der Waals surface area contributed by atoms with Crippen LogP contribution in [0.1, 0.15) is 31.7 Å². The van der Waals surface area contributed by atoms with Gasteiger partial charge in [0.1, 0.15) is 18.0 Å². The van der Waals surface area contributed by atoms with Crippen LogP contribution in [0.15, 0.2) is 24.3 Å². The van der Waals surface area contributed by atoms with E-state index in [1.807, 2.05) is 24.3 Å². The molecule has 0 aliphatic rings. The molecule has 0 radical (unpaired) electrons. The Labute approximate surface area is 125 Å². The van der Waals surface area contributed by atoms with Crippen LogP contribution < -0.4 is 4.74 Å². The highest BCUT2D eigenvalue weighted by Crippen LogP contribution is 2.12. The first-order valence-corrected chi connectivity index (χ1v) is 7.03. The van der Waals surface area contributed by atoms with E-state index in [-0.39, 0.29) is 12.2 Å². The summed E-state index contributed by atoms with van der Waals surface area (Å²) in [5.74, 6) is 0.242. The van der Waals surface area contributed by atoms with Crippen molar-refractivity contribution < 1.29 is 23.8 Å². The highest BCUT2D eigenvalue weighted by Gasteiger charge is 2.09. The number of carbonyl (C=O) groups is 2. The minimum absolute atomic E-state index is 0.110. The third kappa shape index (κ3) is 7.46. The summed E-state index contributed by atoms with van der Waals surface area (Å²) in [6.07, 6.45) is 0.794. The molecular weight excluding hydrogens is 272 g/mol. The summed E-state index contributed by atoms with van der Waals surface area (Å²) in [5, 5.41) is 0. The Balaban J connectivity index is 2.11. The van der Waals surface area contributed by atoms with E-state index in [2.05, 4.69) is 0 Å². The number of carbonyl (C=O) groups excluding carboxylic acids is 2. The summed E-state index contributed by atoms with van der Waals surface area (Å²) in [6, 6.07) is 7.62. The quantitative estimate of drug-likeness (QED) is 0.377. The van der Waals surface area contributed by atoms with E-state index >= 15 is 0 Å². The van der Waals surface area contributed by atoms with E-state index in [4.69, 9.17) is 14.2 Å². The third-order valence-electron chi connectivity index (χ3n) is 2.82. The van der Waals surface area contributed by atoms with Gasteiger partial charge in [0.2, 0.25) is 0 Å². The zero-order valence-corrected chi connectivity index (χ0v) is 12.6. The van der Waals surface area contributed by atoms with Crippen LogP contribution in [0.3, 0.4) is 0 Å². The lowest BCUT2D eigenvalue weighted by Gasteiger charge is -2.05. The molecule has 0 aromatic heterocycles. The lowest BCUT2D eigenvalue weighted by molar-refractivity contribution is -0.145. The molecular formula is C16H22O5. The molecule has 0 bridgehead atoms. The van der Waals surface area contributed by atoms with Crippen LogP contribution in [0.25, 0.3) is 0 Å². The molecule has 0 atom stereocenters. The molecule has 21 heavy (non-hydrogen) atoms. The first-order valence-electron chi connectivity index (χ1n) is 7.03. The molecule has 5 heteroatoms. The number of hydrogen-bond acceptors (Lipinski definition) is 5. The number of benzene rings is 1. The van der Waals surface area contributed by atoms with Gasteiger partial charge in [-0.15, -0.1) is 0 Å². The van der Waals surface area contributed by atoms with E-state index in [1.54, 1.807) is 14.0 Å². The lowest BCUT2D eigenvalue weighted by atomic mass is 10.2. The summed E-state index contributed by atoms with van der Waals surface area (Å²) in [6.45, 7) is 3.00. The highest BCUT2D eigenvalue weighted by molar-refractivity contribution is 5.95. The lowest BCUT2D eigenvalue weighted by Crippen LogP contribution is -2.11. The first-order chi connectivity index (χ1) is 10.2. The van der Waals surface area contributed by atoms with Gasteiger partial charge in [-0.05, 0) is 31.0 Å². The second kappa shape index (κ2) is 9.94. The molecule has 0 amide bonds. The van der Waals surface area contributed by atoms with Gasteiger partial charge in [-0.1, -0.05) is 12.1 Å². The van der Waals surface area contributed by atoms with Crippen molar-refractivity contribution >= 4 is 11.8 Å². The van der Waals surface area contributed by atoms with E-state index in [0.717, 1.165) is 11.3 Å². The zero-order valence-electron chi connectivity index (χ0n) is 12.6. The van der Waals surface area contributed by atoms with Gasteiger partial charge in [-0.3, -0.25) is 9.59 Å². The van der Waals surface area contributed by atoms with Gasteiger partial charge in [0, 0.05) is 13.0 Å². The maximum Gasteiger partial charge on any atom is 0.313 e. The number of rotatable bonds is 10. The van der Waals surface area contributed by atoms with Gasteiger partial charge in [0.05, 0.1) is 20.3 Å². The molecule has 0 N–H and O–H groups in total. The van der Waals surface area contributed by atoms with Gasteiger partial charge < -0.3 is 14.2 Å². The predicted octanol–water partition coefficient (Wildman–Crippen LogP) is 2.51. The Bertz CT molecular complexity index is 438. The summed E-state index contributed by atoms with van der Waals surface area (Å²) in [7, 11) is 1.62. The largest absolute Gasteiger partial charge is 0.497 e. The standard InChI is InChI=1S/C16H22O5/c1-3-21-16(18)11-14(17)5-4-10-20-12-13-6-8-15(19-2)9-7-13/h6-9H,3-5,10-12H2,1-2H3. The maximum absolute atomic E-state index is 11.5. The molecule has 0 heterocycles. The smallest absolute Gasteiger partial charge is 0.313 e. The molecule has 0 aliphatic carbocycles. The second-order valence-electron chi connectivity index (χ2n) is 4.52. The second-order valence-corrected chi connectivity index (χ2v) is 4.52. The summed E-state index contributed by atoms with van der Waals surface area (Å²) < 4.78 is 15.3. The van der Waals surface area contributed by atoms with Crippen molar-refractivity contribution in [3.63, 3.8) is 0 Å². The summed E-state index contributed by atoms with van der Waals surface area (Å²) in [4.78, 5) is 22.6.